The van der Waals surface area contributed by atoms with Crippen molar-refractivity contribution in [1.82, 2.24) is 15.3 Å². The fourth-order valence-electron chi connectivity index (χ4n) is 3.68. The maximum absolute atomic E-state index is 12.4. The molecule has 31 heavy (non-hydrogen) atoms. The number of amides is 1. The molecular formula is C22H25ClN4O2S2. The summed E-state index contributed by atoms with van der Waals surface area (Å²) in [5, 5.41) is 4.72. The van der Waals surface area contributed by atoms with Gasteiger partial charge in [-0.1, -0.05) is 11.6 Å². The molecule has 2 heterocycles. The number of thioether (sulfide) groups is 1. The number of hydrogen-bond donors (Lipinski definition) is 1. The van der Waals surface area contributed by atoms with Crippen LogP contribution in [0.2, 0.25) is 5.02 Å². The second-order valence-corrected chi connectivity index (χ2v) is 10.0. The Morgan fingerprint density at radius 3 is 2.87 bits per heavy atom. The first-order chi connectivity index (χ1) is 15.0. The summed E-state index contributed by atoms with van der Waals surface area (Å²) >= 11 is 9.44. The number of ether oxygens (including phenoxy) is 1. The van der Waals surface area contributed by atoms with Crippen LogP contribution in [0.15, 0.2) is 29.2 Å². The Morgan fingerprint density at radius 2 is 2.10 bits per heavy atom. The van der Waals surface area contributed by atoms with Crippen molar-refractivity contribution in [3.05, 3.63) is 45.6 Å². The molecule has 0 radical (unpaired) electrons. The number of aromatic nitrogens is 2. The van der Waals surface area contributed by atoms with Gasteiger partial charge in [0.1, 0.15) is 16.5 Å². The van der Waals surface area contributed by atoms with E-state index in [0.717, 1.165) is 44.6 Å². The van der Waals surface area contributed by atoms with E-state index in [4.69, 9.17) is 26.3 Å². The van der Waals surface area contributed by atoms with E-state index in [-0.39, 0.29) is 12.5 Å². The Labute approximate surface area is 195 Å². The molecule has 0 spiro atoms. The lowest BCUT2D eigenvalue weighted by Gasteiger charge is -2.20. The van der Waals surface area contributed by atoms with E-state index in [1.807, 2.05) is 36.2 Å². The summed E-state index contributed by atoms with van der Waals surface area (Å²) in [4.78, 5) is 27.6. The molecule has 6 nitrogen and oxygen atoms in total. The van der Waals surface area contributed by atoms with Crippen molar-refractivity contribution in [3.8, 4) is 0 Å². The van der Waals surface area contributed by atoms with Gasteiger partial charge in [0.15, 0.2) is 0 Å². The van der Waals surface area contributed by atoms with Gasteiger partial charge < -0.3 is 15.0 Å². The minimum absolute atomic E-state index is 0.0460. The largest absolute Gasteiger partial charge is 0.383 e. The number of nitrogens with zero attached hydrogens (tertiary/aromatic N) is 3. The van der Waals surface area contributed by atoms with E-state index in [0.29, 0.717) is 18.9 Å². The van der Waals surface area contributed by atoms with Gasteiger partial charge in [0.2, 0.25) is 5.91 Å². The van der Waals surface area contributed by atoms with Crippen LogP contribution in [0.25, 0.3) is 10.2 Å². The van der Waals surface area contributed by atoms with Crippen molar-refractivity contribution >= 4 is 56.6 Å². The molecule has 3 aromatic rings. The number of carbonyl (C=O) groups is 1. The second kappa shape index (κ2) is 10.2. The molecule has 1 aliphatic carbocycles. The number of benzene rings is 1. The Hall–Kier alpha value is -1.87. The zero-order valence-corrected chi connectivity index (χ0v) is 20.0. The molecule has 9 heteroatoms. The van der Waals surface area contributed by atoms with Gasteiger partial charge in [0, 0.05) is 35.5 Å². The summed E-state index contributed by atoms with van der Waals surface area (Å²) in [5.74, 6) is 2.23. The molecule has 0 saturated heterocycles. The monoisotopic (exact) mass is 476 g/mol. The Kier molecular flexibility index (Phi) is 7.32. The van der Waals surface area contributed by atoms with E-state index in [1.165, 1.54) is 16.9 Å². The fourth-order valence-corrected chi connectivity index (χ4v) is 5.83. The molecule has 1 aliphatic rings. The van der Waals surface area contributed by atoms with Crippen LogP contribution in [0.1, 0.15) is 22.7 Å². The lowest BCUT2D eigenvalue weighted by Crippen LogP contribution is -2.37. The molecule has 0 atom stereocenters. The third-order valence-corrected chi connectivity index (χ3v) is 7.59. The number of rotatable bonds is 9. The number of fused-ring (bicyclic) bond motifs is 3. The quantitative estimate of drug-likeness (QED) is 0.366. The number of halogens is 1. The molecule has 0 fully saturated rings. The molecule has 1 N–H and O–H groups in total. The Balaban J connectivity index is 1.58. The second-order valence-electron chi connectivity index (χ2n) is 7.44. The smallest absolute Gasteiger partial charge is 0.239 e. The highest BCUT2D eigenvalue weighted by molar-refractivity contribution is 7.98. The van der Waals surface area contributed by atoms with E-state index < -0.39 is 0 Å². The summed E-state index contributed by atoms with van der Waals surface area (Å²) in [6.45, 7) is 1.24. The predicted molar refractivity (Wildman–Crippen MR) is 129 cm³/mol. The first-order valence-corrected chi connectivity index (χ1v) is 12.4. The highest BCUT2D eigenvalue weighted by Gasteiger charge is 2.24. The molecule has 0 saturated carbocycles. The zero-order chi connectivity index (χ0) is 21.8. The molecule has 0 unspecified atom stereocenters. The SMILES string of the molecule is COCCNC(=O)CN(C)c1nc(CSc2ccc(Cl)cc2)nc2sc3c(c12)CCC3. The number of hydrogen-bond acceptors (Lipinski definition) is 7. The van der Waals surface area contributed by atoms with E-state index in [9.17, 15) is 4.79 Å². The number of nitrogens with one attached hydrogen (secondary N) is 1. The number of aryl methyl sites for hydroxylation is 2. The number of carbonyl (C=O) groups excluding carboxylic acids is 1. The van der Waals surface area contributed by atoms with Crippen LogP contribution in [-0.2, 0) is 28.1 Å². The lowest BCUT2D eigenvalue weighted by molar-refractivity contribution is -0.119. The highest BCUT2D eigenvalue weighted by Crippen LogP contribution is 2.40. The highest BCUT2D eigenvalue weighted by atomic mass is 35.5. The summed E-state index contributed by atoms with van der Waals surface area (Å²) in [7, 11) is 3.55. The maximum atomic E-state index is 12.4. The molecule has 1 amide bonds. The number of methoxy groups -OCH3 is 1. The molecule has 0 bridgehead atoms. The minimum atomic E-state index is -0.0460. The van der Waals surface area contributed by atoms with Crippen LogP contribution in [0, 0.1) is 0 Å². The third-order valence-electron chi connectivity index (χ3n) is 5.14. The van der Waals surface area contributed by atoms with Gasteiger partial charge in [-0.25, -0.2) is 9.97 Å². The van der Waals surface area contributed by atoms with Gasteiger partial charge in [0.25, 0.3) is 0 Å². The summed E-state index contributed by atoms with van der Waals surface area (Å²) < 4.78 is 5.01. The van der Waals surface area contributed by atoms with Crippen molar-refractivity contribution in [3.63, 3.8) is 0 Å². The Morgan fingerprint density at radius 1 is 1.29 bits per heavy atom. The minimum Gasteiger partial charge on any atom is -0.383 e. The zero-order valence-electron chi connectivity index (χ0n) is 17.6. The molecule has 4 rings (SSSR count). The topological polar surface area (TPSA) is 67.3 Å². The first-order valence-electron chi connectivity index (χ1n) is 10.2. The maximum Gasteiger partial charge on any atom is 0.239 e. The third kappa shape index (κ3) is 5.31. The average molecular weight is 477 g/mol. The van der Waals surface area contributed by atoms with E-state index in [2.05, 4.69) is 5.32 Å². The summed E-state index contributed by atoms with van der Waals surface area (Å²) in [6.07, 6.45) is 3.33. The van der Waals surface area contributed by atoms with Gasteiger partial charge in [-0.3, -0.25) is 4.79 Å². The van der Waals surface area contributed by atoms with Crippen molar-refractivity contribution in [1.29, 1.82) is 0 Å². The number of anilines is 1. The Bertz CT molecular complexity index is 1070. The van der Waals surface area contributed by atoms with Crippen molar-refractivity contribution in [2.75, 3.05) is 38.8 Å². The lowest BCUT2D eigenvalue weighted by atomic mass is 10.2. The first kappa shape index (κ1) is 22.3. The van der Waals surface area contributed by atoms with Crippen LogP contribution >= 0.6 is 34.7 Å². The predicted octanol–water partition coefficient (Wildman–Crippen LogP) is 4.32. The number of likely N-dealkylation sites (N-methyl/N-ethyl adjacent to an activating group) is 1. The number of thiophene rings is 1. The molecular weight excluding hydrogens is 452 g/mol. The standard InChI is InChI=1S/C22H25ClN4O2S2/c1-27(12-19(28)24-10-11-29-2)21-20-16-4-3-5-17(16)31-22(20)26-18(25-21)13-30-15-8-6-14(23)7-9-15/h6-9H,3-5,10-13H2,1-2H3,(H,24,28). The summed E-state index contributed by atoms with van der Waals surface area (Å²) in [5.41, 5.74) is 1.36. The van der Waals surface area contributed by atoms with Crippen LogP contribution in [0.3, 0.4) is 0 Å². The fraction of sp³-hybridized carbons (Fsp3) is 0.409. The van der Waals surface area contributed by atoms with Gasteiger partial charge in [-0.05, 0) is 49.1 Å². The van der Waals surface area contributed by atoms with Crippen molar-refractivity contribution in [2.45, 2.75) is 29.9 Å². The van der Waals surface area contributed by atoms with Gasteiger partial charge in [0.05, 0.1) is 24.3 Å². The van der Waals surface area contributed by atoms with E-state index >= 15 is 0 Å². The van der Waals surface area contributed by atoms with Gasteiger partial charge >= 0.3 is 0 Å². The molecule has 1 aromatic carbocycles. The van der Waals surface area contributed by atoms with Gasteiger partial charge in [-0.15, -0.1) is 23.1 Å². The van der Waals surface area contributed by atoms with Crippen LogP contribution in [0.5, 0.6) is 0 Å². The molecule has 2 aromatic heterocycles. The van der Waals surface area contributed by atoms with E-state index in [1.54, 1.807) is 30.2 Å². The van der Waals surface area contributed by atoms with Crippen molar-refractivity contribution < 1.29 is 9.53 Å². The molecule has 0 aliphatic heterocycles. The van der Waals surface area contributed by atoms with Crippen LogP contribution < -0.4 is 10.2 Å². The van der Waals surface area contributed by atoms with Crippen LogP contribution in [-0.4, -0.2) is 49.7 Å². The summed E-state index contributed by atoms with van der Waals surface area (Å²) in [6, 6.07) is 7.78. The van der Waals surface area contributed by atoms with Gasteiger partial charge in [-0.2, -0.15) is 0 Å². The molecule has 164 valence electrons. The van der Waals surface area contributed by atoms with Crippen molar-refractivity contribution in [2.24, 2.45) is 0 Å². The van der Waals surface area contributed by atoms with Crippen LogP contribution in [0.4, 0.5) is 5.82 Å². The average Bonchev–Trinajstić information content (AvgIpc) is 3.34. The normalized spacial score (nSPS) is 12.9.